The maximum atomic E-state index is 15.0. The number of carbonyl (C=O) groups excluding carboxylic acids is 11. The number of aliphatic carboxylic acids is 2. The zero-order chi connectivity index (χ0) is 77.2. The normalized spacial score (nSPS) is 20.3. The molecule has 3 heterocycles. The van der Waals surface area contributed by atoms with Crippen molar-refractivity contribution in [3.63, 3.8) is 0 Å². The fourth-order valence-corrected chi connectivity index (χ4v) is 13.6. The molecule has 0 bridgehead atoms. The Labute approximate surface area is 615 Å². The second kappa shape index (κ2) is 40.8. The summed E-state index contributed by atoms with van der Waals surface area (Å²) in [5.41, 5.74) is 8.92. The van der Waals surface area contributed by atoms with Gasteiger partial charge in [-0.2, -0.15) is 0 Å². The second-order valence-corrected chi connectivity index (χ2v) is 29.3. The third-order valence-electron chi connectivity index (χ3n) is 17.8. The topological polar surface area (TPSA) is 506 Å². The van der Waals surface area contributed by atoms with Crippen LogP contribution >= 0.6 is 21.6 Å². The number of hydrogen-bond acceptors (Lipinski definition) is 19. The fourth-order valence-electron chi connectivity index (χ4n) is 11.3. The summed E-state index contributed by atoms with van der Waals surface area (Å²) < 4.78 is 0. The van der Waals surface area contributed by atoms with E-state index in [0.29, 0.717) is 23.1 Å². The summed E-state index contributed by atoms with van der Waals surface area (Å²) in [6, 6.07) is 3.22. The largest absolute Gasteiger partial charge is 0.508 e. The minimum Gasteiger partial charge on any atom is -0.508 e. The number of imidazole rings is 1. The highest BCUT2D eigenvalue weighted by atomic mass is 33.1. The number of aliphatic hydroxyl groups is 1. The highest BCUT2D eigenvalue weighted by molar-refractivity contribution is 8.76. The smallest absolute Gasteiger partial charge is 0.326 e. The van der Waals surface area contributed by atoms with Gasteiger partial charge in [0.2, 0.25) is 65.0 Å². The number of aromatic nitrogens is 3. The van der Waals surface area contributed by atoms with Gasteiger partial charge in [0.15, 0.2) is 0 Å². The van der Waals surface area contributed by atoms with Gasteiger partial charge in [-0.05, 0) is 65.0 Å². The molecule has 570 valence electrons. The number of carbonyl (C=O) groups is 13. The predicted octanol–water partition coefficient (Wildman–Crippen LogP) is 0.268. The van der Waals surface area contributed by atoms with E-state index in [1.54, 1.807) is 104 Å². The molecule has 5 aromatic rings. The molecule has 1 aliphatic heterocycles. The molecular weight excluding hydrogens is 1400 g/mol. The van der Waals surface area contributed by atoms with Crippen LogP contribution in [-0.2, 0) is 88.0 Å². The quantitative estimate of drug-likeness (QED) is 0.0265. The van der Waals surface area contributed by atoms with Gasteiger partial charge in [-0.1, -0.05) is 150 Å². The van der Waals surface area contributed by atoms with Crippen molar-refractivity contribution in [2.24, 2.45) is 29.4 Å². The zero-order valence-electron chi connectivity index (χ0n) is 59.7. The molecule has 6 rings (SSSR count). The van der Waals surface area contributed by atoms with Crippen molar-refractivity contribution in [2.45, 2.75) is 179 Å². The number of rotatable bonds is 31. The lowest BCUT2D eigenvalue weighted by atomic mass is 9.94. The van der Waals surface area contributed by atoms with Crippen molar-refractivity contribution in [3.8, 4) is 5.75 Å². The standard InChI is InChI=1S/C71H97N15O17S2/c1-9-38(7)58(69(100)81-53(71(102)103)27-42-30-74-47-19-15-14-18-45(42)47)86-70(101)59(39(8)10-2)85-65(96)52(29-56(89)90)79-61(92)48(24-36(3)4)76-64(95)51(28-43-31-73-35-75-43)78-67(98)55-34-105-104-33-46(72)60(91)82-54(32-87)66(97)84-57(37(5)6)68(99)80-50(26-41-20-22-44(88)23-21-41)62(93)77-49(63(94)83-55)25-40-16-12-11-13-17-40/h11-23,30-31,35-39,46,48-55,57-59,74,87-88H,9-10,24-29,32-34,72H2,1-8H3,(H,73,75)(H,76,95)(H,77,93)(H,78,98)(H,79,92)(H,80,99)(H,81,100)(H,82,91)(H,83,94)(H,84,97)(H,85,96)(H,86,101)(H,89,90)(H,102,103)/t38-,39-,46-,48-,49-,50+,51-,52-,53-,54-,55+,57-,58-,59-/m0/s1. The first-order chi connectivity index (χ1) is 49.9. The molecule has 0 radical (unpaired) electrons. The van der Waals surface area contributed by atoms with Gasteiger partial charge in [0.1, 0.15) is 72.2 Å². The molecule has 19 N–H and O–H groups in total. The number of nitrogens with one attached hydrogen (secondary N) is 13. The summed E-state index contributed by atoms with van der Waals surface area (Å²) in [5, 5.41) is 70.2. The first-order valence-electron chi connectivity index (χ1n) is 34.6. The van der Waals surface area contributed by atoms with Gasteiger partial charge in [-0.25, -0.2) is 9.78 Å². The minimum absolute atomic E-state index is 0.0999. The number of nitrogens with zero attached hydrogens (tertiary/aromatic N) is 1. The number of aliphatic hydroxyl groups excluding tert-OH is 1. The summed E-state index contributed by atoms with van der Waals surface area (Å²) in [5.74, 6) is -16.2. The van der Waals surface area contributed by atoms with Crippen LogP contribution in [0, 0.1) is 23.7 Å². The third kappa shape index (κ3) is 25.7. The van der Waals surface area contributed by atoms with Crippen molar-refractivity contribution in [3.05, 3.63) is 120 Å². The fraction of sp³-hybridized carbons (Fsp3) is 0.493. The van der Waals surface area contributed by atoms with E-state index in [1.807, 2.05) is 12.1 Å². The first kappa shape index (κ1) is 83.9. The molecule has 0 unspecified atom stereocenters. The van der Waals surface area contributed by atoms with E-state index in [9.17, 15) is 78.0 Å². The Morgan fingerprint density at radius 1 is 0.571 bits per heavy atom. The van der Waals surface area contributed by atoms with Gasteiger partial charge in [0.05, 0.1) is 25.4 Å². The van der Waals surface area contributed by atoms with E-state index >= 15 is 4.79 Å². The molecule has 0 aliphatic carbocycles. The molecule has 11 amide bonds. The van der Waals surface area contributed by atoms with Crippen molar-refractivity contribution in [1.82, 2.24) is 73.4 Å². The number of aromatic amines is 2. The van der Waals surface area contributed by atoms with Crippen molar-refractivity contribution < 1.29 is 82.8 Å². The molecule has 1 fully saturated rings. The molecule has 1 saturated heterocycles. The van der Waals surface area contributed by atoms with Crippen LogP contribution in [0.15, 0.2) is 97.6 Å². The molecule has 0 spiro atoms. The van der Waals surface area contributed by atoms with Gasteiger partial charge in [-0.3, -0.25) is 57.5 Å². The Morgan fingerprint density at radius 2 is 1.10 bits per heavy atom. The van der Waals surface area contributed by atoms with Crippen LogP contribution in [0.2, 0.25) is 0 Å². The lowest BCUT2D eigenvalue weighted by Crippen LogP contribution is -2.62. The average molecular weight is 1500 g/mol. The van der Waals surface area contributed by atoms with E-state index in [0.717, 1.165) is 32.5 Å². The zero-order valence-corrected chi connectivity index (χ0v) is 61.3. The molecular formula is C71H97N15O17S2. The number of fused-ring (bicyclic) bond motifs is 1. The number of para-hydroxylation sites is 1. The van der Waals surface area contributed by atoms with Gasteiger partial charge >= 0.3 is 11.9 Å². The number of nitrogens with two attached hydrogens (primary N) is 1. The number of phenols is 1. The number of carboxylic acid groups (broad SMARTS) is 2. The van der Waals surface area contributed by atoms with E-state index in [2.05, 4.69) is 73.4 Å². The summed E-state index contributed by atoms with van der Waals surface area (Å²) in [4.78, 5) is 194. The number of carboxylic acids is 2. The summed E-state index contributed by atoms with van der Waals surface area (Å²) in [7, 11) is 1.93. The van der Waals surface area contributed by atoms with Crippen LogP contribution in [0.3, 0.4) is 0 Å². The highest BCUT2D eigenvalue weighted by Gasteiger charge is 2.40. The van der Waals surface area contributed by atoms with E-state index in [-0.39, 0.29) is 67.4 Å². The van der Waals surface area contributed by atoms with Crippen molar-refractivity contribution in [2.75, 3.05) is 18.1 Å². The number of phenolic OH excluding ortho intramolecular Hbond substituents is 1. The van der Waals surface area contributed by atoms with Gasteiger partial charge in [-0.15, -0.1) is 0 Å². The summed E-state index contributed by atoms with van der Waals surface area (Å²) in [6.07, 6.45) is 2.86. The Hall–Kier alpha value is -10.1. The number of benzene rings is 3. The number of H-pyrrole nitrogens is 2. The van der Waals surface area contributed by atoms with Crippen molar-refractivity contribution >= 4 is 109 Å². The van der Waals surface area contributed by atoms with Crippen LogP contribution in [-0.4, -0.2) is 203 Å². The van der Waals surface area contributed by atoms with Crippen LogP contribution in [0.1, 0.15) is 103 Å². The monoisotopic (exact) mass is 1500 g/mol. The second-order valence-electron chi connectivity index (χ2n) is 26.8. The molecule has 34 heteroatoms. The van der Waals surface area contributed by atoms with Crippen LogP contribution in [0.5, 0.6) is 5.75 Å². The van der Waals surface area contributed by atoms with Gasteiger partial charge < -0.3 is 94.6 Å². The molecule has 0 saturated carbocycles. The van der Waals surface area contributed by atoms with Crippen LogP contribution in [0.25, 0.3) is 10.9 Å². The maximum absolute atomic E-state index is 15.0. The highest BCUT2D eigenvalue weighted by Crippen LogP contribution is 2.25. The van der Waals surface area contributed by atoms with Crippen molar-refractivity contribution in [1.29, 1.82) is 0 Å². The molecule has 2 aromatic heterocycles. The first-order valence-corrected chi connectivity index (χ1v) is 37.1. The molecule has 32 nitrogen and oxygen atoms in total. The Bertz CT molecular complexity index is 3810. The number of amides is 11. The third-order valence-corrected chi connectivity index (χ3v) is 20.2. The van der Waals surface area contributed by atoms with Crippen LogP contribution in [0.4, 0.5) is 0 Å². The molecule has 105 heavy (non-hydrogen) atoms. The van der Waals surface area contributed by atoms with Crippen LogP contribution < -0.4 is 64.2 Å². The molecule has 1 aliphatic rings. The molecule has 14 atom stereocenters. The Morgan fingerprint density at radius 3 is 1.70 bits per heavy atom. The summed E-state index contributed by atoms with van der Waals surface area (Å²) in [6.45, 7) is 12.5. The SMILES string of the molecule is CC[C@H](C)[C@H](NC(=O)[C@H](CC(=O)O)NC(=O)[C@H](CC(C)C)NC(=O)[C@H](Cc1cnc[nH]1)NC(=O)[C@H]1CSSC[C@H](N)C(=O)N[C@@H](CO)C(=O)N[C@@H](C(C)C)C(=O)N[C@H](Cc2ccc(O)cc2)C(=O)N[C@@H](Cc2ccccc2)C(=O)N1)C(=O)N[C@H](C(=O)N[C@@H](Cc1c[nH]c2ccccc12)C(=O)O)[C@@H](C)CC. The summed E-state index contributed by atoms with van der Waals surface area (Å²) >= 11 is 0. The predicted molar refractivity (Wildman–Crippen MR) is 391 cm³/mol. The Kier molecular flexibility index (Phi) is 32.6. The average Bonchev–Trinajstić information content (AvgIpc) is 1.80. The Balaban J connectivity index is 1.27. The molecule has 3 aromatic carbocycles. The van der Waals surface area contributed by atoms with E-state index in [4.69, 9.17) is 5.73 Å². The number of aromatic hydroxyl groups is 1. The van der Waals surface area contributed by atoms with Gasteiger partial charge in [0, 0.05) is 66.2 Å². The minimum atomic E-state index is -1.90. The lowest BCUT2D eigenvalue weighted by Gasteiger charge is -2.31. The van der Waals surface area contributed by atoms with E-state index in [1.165, 1.54) is 36.8 Å². The number of hydrogen-bond donors (Lipinski definition) is 18. The maximum Gasteiger partial charge on any atom is 0.326 e. The van der Waals surface area contributed by atoms with Gasteiger partial charge in [0.25, 0.3) is 0 Å². The van der Waals surface area contributed by atoms with E-state index < -0.39 is 180 Å². The lowest BCUT2D eigenvalue weighted by molar-refractivity contribution is -0.142.